The standard InChI is InChI=1S/C18H21N/c1-14-7-9-16(10-8-14)18(17-11-12-17)19-13-15-5-3-2-4-6-15/h2-10,17-19H,11-13H2,1H3. The molecule has 1 unspecified atom stereocenters. The first kappa shape index (κ1) is 12.4. The van der Waals surface area contributed by atoms with Crippen molar-refractivity contribution in [2.75, 3.05) is 0 Å². The monoisotopic (exact) mass is 251 g/mol. The smallest absolute Gasteiger partial charge is 0.0351 e. The number of aryl methyl sites for hydroxylation is 1. The van der Waals surface area contributed by atoms with Crippen molar-refractivity contribution in [2.45, 2.75) is 32.4 Å². The highest BCUT2D eigenvalue weighted by Gasteiger charge is 2.31. The molecule has 0 spiro atoms. The van der Waals surface area contributed by atoms with Crippen LogP contribution in [0.1, 0.15) is 35.6 Å². The first-order valence-electron chi connectivity index (χ1n) is 7.17. The van der Waals surface area contributed by atoms with E-state index in [1.54, 1.807) is 0 Å². The van der Waals surface area contributed by atoms with E-state index in [0.29, 0.717) is 6.04 Å². The first-order valence-corrected chi connectivity index (χ1v) is 7.17. The first-order chi connectivity index (χ1) is 9.33. The molecule has 0 aromatic heterocycles. The van der Waals surface area contributed by atoms with Crippen molar-refractivity contribution in [3.05, 3.63) is 71.3 Å². The van der Waals surface area contributed by atoms with Gasteiger partial charge in [-0.1, -0.05) is 60.2 Å². The third-order valence-electron chi connectivity index (χ3n) is 3.90. The van der Waals surface area contributed by atoms with Gasteiger partial charge in [-0.15, -0.1) is 0 Å². The van der Waals surface area contributed by atoms with Gasteiger partial charge < -0.3 is 5.32 Å². The Labute approximate surface area is 115 Å². The number of benzene rings is 2. The normalized spacial score (nSPS) is 16.3. The van der Waals surface area contributed by atoms with Gasteiger partial charge in [0, 0.05) is 12.6 Å². The average molecular weight is 251 g/mol. The topological polar surface area (TPSA) is 12.0 Å². The zero-order chi connectivity index (χ0) is 13.1. The molecule has 19 heavy (non-hydrogen) atoms. The van der Waals surface area contributed by atoms with Crippen molar-refractivity contribution < 1.29 is 0 Å². The number of rotatable bonds is 5. The zero-order valence-electron chi connectivity index (χ0n) is 11.5. The van der Waals surface area contributed by atoms with E-state index in [9.17, 15) is 0 Å². The van der Waals surface area contributed by atoms with E-state index in [4.69, 9.17) is 0 Å². The summed E-state index contributed by atoms with van der Waals surface area (Å²) in [4.78, 5) is 0. The predicted molar refractivity (Wildman–Crippen MR) is 79.9 cm³/mol. The second-order valence-corrected chi connectivity index (χ2v) is 5.59. The van der Waals surface area contributed by atoms with E-state index >= 15 is 0 Å². The van der Waals surface area contributed by atoms with Gasteiger partial charge in [-0.2, -0.15) is 0 Å². The fraction of sp³-hybridized carbons (Fsp3) is 0.333. The molecule has 1 aliphatic rings. The number of hydrogen-bond donors (Lipinski definition) is 1. The van der Waals surface area contributed by atoms with Crippen LogP contribution < -0.4 is 5.32 Å². The van der Waals surface area contributed by atoms with Crippen LogP contribution >= 0.6 is 0 Å². The third kappa shape index (κ3) is 3.24. The molecule has 1 heteroatoms. The van der Waals surface area contributed by atoms with Gasteiger partial charge in [0.05, 0.1) is 0 Å². The molecule has 98 valence electrons. The lowest BCUT2D eigenvalue weighted by Crippen LogP contribution is -2.22. The molecule has 0 saturated heterocycles. The Morgan fingerprint density at radius 2 is 1.68 bits per heavy atom. The highest BCUT2D eigenvalue weighted by atomic mass is 14.9. The molecule has 1 saturated carbocycles. The molecule has 1 atom stereocenters. The highest BCUT2D eigenvalue weighted by Crippen LogP contribution is 2.41. The van der Waals surface area contributed by atoms with Crippen molar-refractivity contribution in [3.63, 3.8) is 0 Å². The summed E-state index contributed by atoms with van der Waals surface area (Å²) in [7, 11) is 0. The van der Waals surface area contributed by atoms with E-state index in [1.807, 2.05) is 0 Å². The van der Waals surface area contributed by atoms with E-state index in [0.717, 1.165) is 12.5 Å². The second-order valence-electron chi connectivity index (χ2n) is 5.59. The van der Waals surface area contributed by atoms with E-state index in [-0.39, 0.29) is 0 Å². The van der Waals surface area contributed by atoms with Gasteiger partial charge in [0.2, 0.25) is 0 Å². The van der Waals surface area contributed by atoms with Crippen LogP contribution in [0, 0.1) is 12.8 Å². The number of hydrogen-bond acceptors (Lipinski definition) is 1. The van der Waals surface area contributed by atoms with Crippen LogP contribution in [0.4, 0.5) is 0 Å². The lowest BCUT2D eigenvalue weighted by atomic mass is 10.0. The van der Waals surface area contributed by atoms with Crippen LogP contribution in [0.2, 0.25) is 0 Å². The number of nitrogens with one attached hydrogen (secondary N) is 1. The fourth-order valence-electron chi connectivity index (χ4n) is 2.58. The molecule has 1 aliphatic carbocycles. The van der Waals surface area contributed by atoms with Crippen LogP contribution in [-0.4, -0.2) is 0 Å². The minimum Gasteiger partial charge on any atom is -0.306 e. The molecule has 0 amide bonds. The molecule has 0 heterocycles. The van der Waals surface area contributed by atoms with E-state index < -0.39 is 0 Å². The summed E-state index contributed by atoms with van der Waals surface area (Å²) in [6.07, 6.45) is 2.72. The maximum Gasteiger partial charge on any atom is 0.0351 e. The summed E-state index contributed by atoms with van der Waals surface area (Å²) in [6.45, 7) is 3.10. The largest absolute Gasteiger partial charge is 0.306 e. The Kier molecular flexibility index (Phi) is 3.65. The Hall–Kier alpha value is -1.60. The second kappa shape index (κ2) is 5.58. The Balaban J connectivity index is 1.69. The fourth-order valence-corrected chi connectivity index (χ4v) is 2.58. The van der Waals surface area contributed by atoms with Crippen LogP contribution in [-0.2, 0) is 6.54 Å². The molecule has 0 bridgehead atoms. The van der Waals surface area contributed by atoms with Crippen molar-refractivity contribution in [1.82, 2.24) is 5.32 Å². The summed E-state index contributed by atoms with van der Waals surface area (Å²) in [5.74, 6) is 0.825. The molecule has 2 aromatic carbocycles. The van der Waals surface area contributed by atoms with Gasteiger partial charge in [-0.25, -0.2) is 0 Å². The predicted octanol–water partition coefficient (Wildman–Crippen LogP) is 4.24. The molecule has 2 aromatic rings. The molecule has 1 fully saturated rings. The molecular weight excluding hydrogens is 230 g/mol. The Morgan fingerprint density at radius 1 is 1.00 bits per heavy atom. The van der Waals surface area contributed by atoms with Crippen LogP contribution in [0.5, 0.6) is 0 Å². The molecular formula is C18H21N. The zero-order valence-corrected chi connectivity index (χ0v) is 11.5. The summed E-state index contributed by atoms with van der Waals surface area (Å²) in [6, 6.07) is 20.2. The van der Waals surface area contributed by atoms with Gasteiger partial charge in [0.1, 0.15) is 0 Å². The van der Waals surface area contributed by atoms with Gasteiger partial charge >= 0.3 is 0 Å². The summed E-state index contributed by atoms with van der Waals surface area (Å²) >= 11 is 0. The molecule has 1 nitrogen and oxygen atoms in total. The van der Waals surface area contributed by atoms with Crippen molar-refractivity contribution in [2.24, 2.45) is 5.92 Å². The van der Waals surface area contributed by atoms with Crippen molar-refractivity contribution in [1.29, 1.82) is 0 Å². The van der Waals surface area contributed by atoms with Gasteiger partial charge in [-0.05, 0) is 36.8 Å². The van der Waals surface area contributed by atoms with Gasteiger partial charge in [0.25, 0.3) is 0 Å². The van der Waals surface area contributed by atoms with Crippen molar-refractivity contribution in [3.8, 4) is 0 Å². The average Bonchev–Trinajstić information content (AvgIpc) is 3.27. The minimum atomic E-state index is 0.515. The third-order valence-corrected chi connectivity index (χ3v) is 3.90. The van der Waals surface area contributed by atoms with Crippen LogP contribution in [0.15, 0.2) is 54.6 Å². The summed E-state index contributed by atoms with van der Waals surface area (Å²) < 4.78 is 0. The summed E-state index contributed by atoms with van der Waals surface area (Å²) in [5.41, 5.74) is 4.13. The SMILES string of the molecule is Cc1ccc(C(NCc2ccccc2)C2CC2)cc1. The summed E-state index contributed by atoms with van der Waals surface area (Å²) in [5, 5.41) is 3.73. The molecule has 0 aliphatic heterocycles. The van der Waals surface area contributed by atoms with E-state index in [1.165, 1.54) is 29.5 Å². The lowest BCUT2D eigenvalue weighted by Gasteiger charge is -2.19. The van der Waals surface area contributed by atoms with Crippen LogP contribution in [0.25, 0.3) is 0 Å². The van der Waals surface area contributed by atoms with Crippen LogP contribution in [0.3, 0.4) is 0 Å². The molecule has 0 radical (unpaired) electrons. The molecule has 1 N–H and O–H groups in total. The highest BCUT2D eigenvalue weighted by molar-refractivity contribution is 5.26. The van der Waals surface area contributed by atoms with Gasteiger partial charge in [0.15, 0.2) is 0 Å². The van der Waals surface area contributed by atoms with Crippen molar-refractivity contribution >= 4 is 0 Å². The minimum absolute atomic E-state index is 0.515. The lowest BCUT2D eigenvalue weighted by molar-refractivity contribution is 0.480. The maximum absolute atomic E-state index is 3.73. The van der Waals surface area contributed by atoms with E-state index in [2.05, 4.69) is 66.8 Å². The Morgan fingerprint density at radius 3 is 2.32 bits per heavy atom. The molecule has 3 rings (SSSR count). The van der Waals surface area contributed by atoms with Gasteiger partial charge in [-0.3, -0.25) is 0 Å². The maximum atomic E-state index is 3.73. The quantitative estimate of drug-likeness (QED) is 0.838. The Bertz CT molecular complexity index is 511.